The van der Waals surface area contributed by atoms with Gasteiger partial charge in [0.15, 0.2) is 11.6 Å². The minimum absolute atomic E-state index is 0.0238. The zero-order valence-electron chi connectivity index (χ0n) is 11.0. The van der Waals surface area contributed by atoms with Crippen LogP contribution >= 0.6 is 15.9 Å². The van der Waals surface area contributed by atoms with Gasteiger partial charge in [-0.2, -0.15) is 0 Å². The molecule has 2 aromatic heterocycles. The van der Waals surface area contributed by atoms with Crippen LogP contribution in [-0.2, 0) is 4.79 Å². The minimum Gasteiger partial charge on any atom is -0.368 e. The number of nitrogens with zero attached hydrogens (tertiary/aromatic N) is 3. The van der Waals surface area contributed by atoms with Gasteiger partial charge in [0.05, 0.1) is 0 Å². The van der Waals surface area contributed by atoms with E-state index in [1.807, 2.05) is 13.0 Å². The predicted octanol–water partition coefficient (Wildman–Crippen LogP) is 2.57. The minimum atomic E-state index is 0.0238. The van der Waals surface area contributed by atoms with Crippen LogP contribution in [0.5, 0.6) is 0 Å². The molecule has 0 bridgehead atoms. The summed E-state index contributed by atoms with van der Waals surface area (Å²) in [5, 5.41) is 15.0. The molecule has 7 heteroatoms. The third kappa shape index (κ3) is 2.58. The summed E-state index contributed by atoms with van der Waals surface area (Å²) in [7, 11) is 0. The van der Waals surface area contributed by atoms with Crippen molar-refractivity contribution in [3.63, 3.8) is 0 Å². The lowest BCUT2D eigenvalue weighted by molar-refractivity contribution is -0.117. The van der Waals surface area contributed by atoms with Gasteiger partial charge < -0.3 is 10.6 Å². The molecule has 1 aliphatic carbocycles. The fraction of sp³-hybridized carbons (Fsp3) is 0.385. The highest BCUT2D eigenvalue weighted by atomic mass is 79.9. The fourth-order valence-corrected chi connectivity index (χ4v) is 2.34. The molecule has 0 aliphatic heterocycles. The van der Waals surface area contributed by atoms with E-state index in [9.17, 15) is 4.79 Å². The van der Waals surface area contributed by atoms with E-state index in [4.69, 9.17) is 0 Å². The van der Waals surface area contributed by atoms with Gasteiger partial charge in [-0.3, -0.25) is 4.79 Å². The number of carbonyl (C=O) groups is 1. The highest BCUT2D eigenvalue weighted by molar-refractivity contribution is 9.10. The fourth-order valence-electron chi connectivity index (χ4n) is 1.93. The third-order valence-electron chi connectivity index (χ3n) is 3.13. The summed E-state index contributed by atoms with van der Waals surface area (Å²) < 4.78 is 0.825. The topological polar surface area (TPSA) is 79.8 Å². The third-order valence-corrected chi connectivity index (χ3v) is 3.76. The molecular formula is C13H14BrN5O. The molecule has 20 heavy (non-hydrogen) atoms. The van der Waals surface area contributed by atoms with Gasteiger partial charge in [-0.25, -0.2) is 4.98 Å². The lowest BCUT2D eigenvalue weighted by Gasteiger charge is -2.08. The van der Waals surface area contributed by atoms with Gasteiger partial charge in [0.25, 0.3) is 0 Å². The Balaban J connectivity index is 1.97. The van der Waals surface area contributed by atoms with E-state index >= 15 is 0 Å². The summed E-state index contributed by atoms with van der Waals surface area (Å²) in [6, 6.07) is 1.81. The molecule has 1 fully saturated rings. The van der Waals surface area contributed by atoms with Crippen LogP contribution in [0.4, 0.5) is 11.6 Å². The first-order valence-electron chi connectivity index (χ1n) is 6.55. The van der Waals surface area contributed by atoms with Crippen LogP contribution in [0, 0.1) is 5.92 Å². The highest BCUT2D eigenvalue weighted by Crippen LogP contribution is 2.31. The molecule has 1 aliphatic rings. The summed E-state index contributed by atoms with van der Waals surface area (Å²) in [5.74, 6) is 1.34. The maximum Gasteiger partial charge on any atom is 0.228 e. The molecule has 0 spiro atoms. The SMILES string of the molecule is CCNc1ncc(Br)c2cc(NC(=O)C3CC3)nnc12. The van der Waals surface area contributed by atoms with Crippen LogP contribution in [0.2, 0.25) is 0 Å². The summed E-state index contributed by atoms with van der Waals surface area (Å²) in [6.45, 7) is 2.75. The highest BCUT2D eigenvalue weighted by Gasteiger charge is 2.29. The standard InChI is InChI=1S/C13H14BrN5O/c1-2-15-12-11-8(9(14)6-16-12)5-10(18-19-11)17-13(20)7-3-4-7/h5-7H,2-4H2,1H3,(H,15,16)(H,17,18,20). The number of amides is 1. The molecule has 0 aromatic carbocycles. The summed E-state index contributed by atoms with van der Waals surface area (Å²) in [4.78, 5) is 16.0. The Morgan fingerprint density at radius 3 is 2.95 bits per heavy atom. The average Bonchev–Trinajstić information content (AvgIpc) is 3.27. The Morgan fingerprint density at radius 1 is 1.45 bits per heavy atom. The second kappa shape index (κ2) is 5.32. The molecule has 6 nitrogen and oxygen atoms in total. The molecule has 2 N–H and O–H groups in total. The normalized spacial score (nSPS) is 14.3. The number of halogens is 1. The van der Waals surface area contributed by atoms with Crippen LogP contribution in [0.25, 0.3) is 10.9 Å². The van der Waals surface area contributed by atoms with Crippen molar-refractivity contribution >= 4 is 44.4 Å². The molecular weight excluding hydrogens is 322 g/mol. The Bertz CT molecular complexity index is 671. The van der Waals surface area contributed by atoms with E-state index in [-0.39, 0.29) is 11.8 Å². The number of carbonyl (C=O) groups excluding carboxylic acids is 1. The van der Waals surface area contributed by atoms with Crippen molar-refractivity contribution in [1.82, 2.24) is 15.2 Å². The van der Waals surface area contributed by atoms with Gasteiger partial charge in [-0.15, -0.1) is 10.2 Å². The van der Waals surface area contributed by atoms with Crippen molar-refractivity contribution in [1.29, 1.82) is 0 Å². The zero-order valence-corrected chi connectivity index (χ0v) is 12.6. The number of hydrogen-bond acceptors (Lipinski definition) is 5. The average molecular weight is 336 g/mol. The first kappa shape index (κ1) is 13.2. The predicted molar refractivity (Wildman–Crippen MR) is 80.6 cm³/mol. The van der Waals surface area contributed by atoms with Gasteiger partial charge in [0.2, 0.25) is 5.91 Å². The second-order valence-corrected chi connectivity index (χ2v) is 5.59. The van der Waals surface area contributed by atoms with Crippen LogP contribution < -0.4 is 10.6 Å². The number of hydrogen-bond donors (Lipinski definition) is 2. The molecule has 0 unspecified atom stereocenters. The van der Waals surface area contributed by atoms with Gasteiger partial charge in [0.1, 0.15) is 5.52 Å². The molecule has 0 atom stereocenters. The van der Waals surface area contributed by atoms with Crippen molar-refractivity contribution in [3.8, 4) is 0 Å². The van der Waals surface area contributed by atoms with Crippen LogP contribution in [0.3, 0.4) is 0 Å². The first-order valence-corrected chi connectivity index (χ1v) is 7.35. The quantitative estimate of drug-likeness (QED) is 0.897. The molecule has 3 rings (SSSR count). The lowest BCUT2D eigenvalue weighted by Crippen LogP contribution is -2.15. The molecule has 1 amide bonds. The number of fused-ring (bicyclic) bond motifs is 1. The summed E-state index contributed by atoms with van der Waals surface area (Å²) in [5.41, 5.74) is 0.686. The lowest BCUT2D eigenvalue weighted by atomic mass is 10.2. The van der Waals surface area contributed by atoms with Gasteiger partial charge >= 0.3 is 0 Å². The zero-order chi connectivity index (χ0) is 14.1. The van der Waals surface area contributed by atoms with Gasteiger partial charge in [-0.1, -0.05) is 0 Å². The molecule has 1 saturated carbocycles. The van der Waals surface area contributed by atoms with E-state index in [2.05, 4.69) is 41.7 Å². The van der Waals surface area contributed by atoms with E-state index in [1.54, 1.807) is 6.20 Å². The molecule has 0 saturated heterocycles. The summed E-state index contributed by atoms with van der Waals surface area (Å²) >= 11 is 3.45. The molecule has 0 radical (unpaired) electrons. The van der Waals surface area contributed by atoms with E-state index in [0.29, 0.717) is 17.2 Å². The largest absolute Gasteiger partial charge is 0.368 e. The summed E-state index contributed by atoms with van der Waals surface area (Å²) in [6.07, 6.45) is 3.64. The Morgan fingerprint density at radius 2 is 2.25 bits per heavy atom. The Kier molecular flexibility index (Phi) is 3.52. The second-order valence-electron chi connectivity index (χ2n) is 4.74. The Hall–Kier alpha value is -1.76. The molecule has 2 aromatic rings. The van der Waals surface area contributed by atoms with Crippen molar-refractivity contribution in [3.05, 3.63) is 16.7 Å². The van der Waals surface area contributed by atoms with Gasteiger partial charge in [0, 0.05) is 28.5 Å². The van der Waals surface area contributed by atoms with Crippen LogP contribution in [-0.4, -0.2) is 27.6 Å². The number of aromatic nitrogens is 3. The number of rotatable bonds is 4. The number of nitrogens with one attached hydrogen (secondary N) is 2. The van der Waals surface area contributed by atoms with Crippen LogP contribution in [0.1, 0.15) is 19.8 Å². The van der Waals surface area contributed by atoms with Crippen molar-refractivity contribution in [2.45, 2.75) is 19.8 Å². The maximum atomic E-state index is 11.7. The maximum absolute atomic E-state index is 11.7. The smallest absolute Gasteiger partial charge is 0.228 e. The van der Waals surface area contributed by atoms with Crippen molar-refractivity contribution in [2.75, 3.05) is 17.2 Å². The molecule has 104 valence electrons. The Labute approximate surface area is 124 Å². The van der Waals surface area contributed by atoms with Crippen molar-refractivity contribution in [2.24, 2.45) is 5.92 Å². The van der Waals surface area contributed by atoms with Gasteiger partial charge in [-0.05, 0) is 41.8 Å². The first-order chi connectivity index (χ1) is 9.69. The van der Waals surface area contributed by atoms with E-state index in [1.165, 1.54) is 0 Å². The monoisotopic (exact) mass is 335 g/mol. The van der Waals surface area contributed by atoms with Crippen LogP contribution in [0.15, 0.2) is 16.7 Å². The van der Waals surface area contributed by atoms with E-state index in [0.717, 1.165) is 29.2 Å². The number of anilines is 2. The van der Waals surface area contributed by atoms with Crippen molar-refractivity contribution < 1.29 is 4.79 Å². The van der Waals surface area contributed by atoms with E-state index < -0.39 is 0 Å². The number of pyridine rings is 1. The molecule has 2 heterocycles.